The van der Waals surface area contributed by atoms with Crippen molar-refractivity contribution in [3.05, 3.63) is 77.1 Å². The Morgan fingerprint density at radius 1 is 1.03 bits per heavy atom. The molecule has 3 aromatic rings. The number of carbonyl (C=O) groups is 2. The Morgan fingerprint density at radius 3 is 2.39 bits per heavy atom. The van der Waals surface area contributed by atoms with Gasteiger partial charge in [-0.3, -0.25) is 9.59 Å². The fraction of sp³-hybridized carbons (Fsp3) is 0.346. The lowest BCUT2D eigenvalue weighted by atomic mass is 10.0. The van der Waals surface area contributed by atoms with Crippen LogP contribution in [0, 0.1) is 6.92 Å². The molecule has 0 saturated carbocycles. The minimum absolute atomic E-state index is 0.0226. The summed E-state index contributed by atoms with van der Waals surface area (Å²) >= 11 is 0. The number of amides is 2. The van der Waals surface area contributed by atoms with Gasteiger partial charge in [-0.05, 0) is 51.0 Å². The van der Waals surface area contributed by atoms with Crippen LogP contribution in [0.25, 0.3) is 5.69 Å². The van der Waals surface area contributed by atoms with E-state index in [1.54, 1.807) is 23.9 Å². The molecule has 7 nitrogen and oxygen atoms in total. The van der Waals surface area contributed by atoms with E-state index in [1.807, 2.05) is 59.2 Å². The third kappa shape index (κ3) is 3.48. The van der Waals surface area contributed by atoms with Crippen LogP contribution in [0.2, 0.25) is 0 Å². The Hall–Kier alpha value is -3.61. The van der Waals surface area contributed by atoms with E-state index >= 15 is 0 Å². The molecule has 2 amide bonds. The van der Waals surface area contributed by atoms with E-state index in [-0.39, 0.29) is 23.9 Å². The van der Waals surface area contributed by atoms with Gasteiger partial charge in [0.05, 0.1) is 30.1 Å². The van der Waals surface area contributed by atoms with Gasteiger partial charge in [0.1, 0.15) is 11.4 Å². The molecule has 170 valence electrons. The average molecular weight is 445 g/mol. The van der Waals surface area contributed by atoms with Crippen LogP contribution >= 0.6 is 0 Å². The van der Waals surface area contributed by atoms with E-state index in [0.29, 0.717) is 30.1 Å². The molecule has 2 aliphatic heterocycles. The molecule has 1 fully saturated rings. The summed E-state index contributed by atoms with van der Waals surface area (Å²) in [7, 11) is 1.58. The summed E-state index contributed by atoms with van der Waals surface area (Å²) < 4.78 is 7.15. The van der Waals surface area contributed by atoms with E-state index in [2.05, 4.69) is 12.0 Å². The number of hydrogen-bond acceptors (Lipinski definition) is 4. The molecular formula is C26H28N4O3. The number of fused-ring (bicyclic) bond motifs is 1. The molecule has 0 radical (unpaired) electrons. The molecule has 0 spiro atoms. The molecule has 0 aliphatic carbocycles. The SMILES string of the molecule is COc1ccccc1C(=O)N1CCC(N2C(=O)c3c(c(C)nn3-c3ccccc3)C2C)CC1. The average Bonchev–Trinajstić information content (AvgIpc) is 3.34. The van der Waals surface area contributed by atoms with Gasteiger partial charge in [0.25, 0.3) is 11.8 Å². The van der Waals surface area contributed by atoms with Crippen molar-refractivity contribution in [1.82, 2.24) is 19.6 Å². The van der Waals surface area contributed by atoms with Gasteiger partial charge < -0.3 is 14.5 Å². The molecule has 1 saturated heterocycles. The van der Waals surface area contributed by atoms with Gasteiger partial charge in [-0.1, -0.05) is 30.3 Å². The van der Waals surface area contributed by atoms with E-state index in [4.69, 9.17) is 4.74 Å². The zero-order chi connectivity index (χ0) is 23.1. The van der Waals surface area contributed by atoms with Crippen LogP contribution in [0.15, 0.2) is 54.6 Å². The summed E-state index contributed by atoms with van der Waals surface area (Å²) in [5, 5.41) is 4.67. The van der Waals surface area contributed by atoms with Crippen molar-refractivity contribution in [2.24, 2.45) is 0 Å². The zero-order valence-corrected chi connectivity index (χ0v) is 19.2. The molecule has 7 heteroatoms. The second-order valence-electron chi connectivity index (χ2n) is 8.71. The highest BCUT2D eigenvalue weighted by molar-refractivity contribution is 5.99. The molecule has 33 heavy (non-hydrogen) atoms. The summed E-state index contributed by atoms with van der Waals surface area (Å²) in [4.78, 5) is 30.5. The molecule has 1 unspecified atom stereocenters. The van der Waals surface area contributed by atoms with Crippen molar-refractivity contribution >= 4 is 11.8 Å². The van der Waals surface area contributed by atoms with Crippen LogP contribution in [0.4, 0.5) is 0 Å². The maximum atomic E-state index is 13.6. The van der Waals surface area contributed by atoms with E-state index in [0.717, 1.165) is 29.8 Å². The van der Waals surface area contributed by atoms with Crippen molar-refractivity contribution in [3.63, 3.8) is 0 Å². The Labute approximate surface area is 193 Å². The maximum Gasteiger partial charge on any atom is 0.273 e. The summed E-state index contributed by atoms with van der Waals surface area (Å²) in [6, 6.07) is 17.2. The van der Waals surface area contributed by atoms with E-state index in [9.17, 15) is 9.59 Å². The molecule has 0 N–H and O–H groups in total. The molecule has 0 bridgehead atoms. The van der Waals surface area contributed by atoms with Crippen LogP contribution in [0.1, 0.15) is 57.9 Å². The maximum absolute atomic E-state index is 13.6. The first-order valence-corrected chi connectivity index (χ1v) is 11.4. The second kappa shape index (κ2) is 8.39. The van der Waals surface area contributed by atoms with Crippen LogP contribution in [0.5, 0.6) is 5.75 Å². The number of likely N-dealkylation sites (tertiary alicyclic amines) is 1. The first kappa shape index (κ1) is 21.2. The van der Waals surface area contributed by atoms with Gasteiger partial charge in [-0.15, -0.1) is 0 Å². The number of nitrogens with zero attached hydrogens (tertiary/aromatic N) is 4. The number of aromatic nitrogens is 2. The van der Waals surface area contributed by atoms with Gasteiger partial charge in [-0.25, -0.2) is 4.68 Å². The first-order chi connectivity index (χ1) is 16.0. The summed E-state index contributed by atoms with van der Waals surface area (Å²) in [6.45, 7) is 5.27. The predicted molar refractivity (Wildman–Crippen MR) is 125 cm³/mol. The van der Waals surface area contributed by atoms with Crippen molar-refractivity contribution in [3.8, 4) is 11.4 Å². The largest absolute Gasteiger partial charge is 0.496 e. The fourth-order valence-electron chi connectivity index (χ4n) is 5.26. The Balaban J connectivity index is 1.34. The lowest BCUT2D eigenvalue weighted by molar-refractivity contribution is 0.0469. The van der Waals surface area contributed by atoms with Crippen molar-refractivity contribution in [2.75, 3.05) is 20.2 Å². The van der Waals surface area contributed by atoms with Gasteiger partial charge in [-0.2, -0.15) is 5.10 Å². The number of piperidine rings is 1. The van der Waals surface area contributed by atoms with Crippen LogP contribution in [-0.2, 0) is 0 Å². The van der Waals surface area contributed by atoms with Gasteiger partial charge in [0.15, 0.2) is 0 Å². The Morgan fingerprint density at radius 2 is 1.70 bits per heavy atom. The van der Waals surface area contributed by atoms with Gasteiger partial charge >= 0.3 is 0 Å². The topological polar surface area (TPSA) is 67.7 Å². The van der Waals surface area contributed by atoms with Crippen molar-refractivity contribution < 1.29 is 14.3 Å². The fourth-order valence-corrected chi connectivity index (χ4v) is 5.26. The normalized spacial score (nSPS) is 18.5. The smallest absolute Gasteiger partial charge is 0.273 e. The highest BCUT2D eigenvalue weighted by Gasteiger charge is 2.44. The first-order valence-electron chi connectivity index (χ1n) is 11.4. The van der Waals surface area contributed by atoms with Crippen LogP contribution in [0.3, 0.4) is 0 Å². The molecule has 3 heterocycles. The third-order valence-electron chi connectivity index (χ3n) is 6.86. The number of ether oxygens (including phenoxy) is 1. The number of aryl methyl sites for hydroxylation is 1. The third-order valence-corrected chi connectivity index (χ3v) is 6.86. The number of carbonyl (C=O) groups excluding carboxylic acids is 2. The van der Waals surface area contributed by atoms with Crippen molar-refractivity contribution in [1.29, 1.82) is 0 Å². The highest BCUT2D eigenvalue weighted by Crippen LogP contribution is 2.40. The number of rotatable bonds is 4. The standard InChI is InChI=1S/C26H28N4O3/c1-17-23-18(2)29(26(32)24(23)30(27-17)20-9-5-4-6-10-20)19-13-15-28(16-14-19)25(31)21-11-7-8-12-22(21)33-3/h4-12,18-19H,13-16H2,1-3H3. The number of hydrogen-bond donors (Lipinski definition) is 0. The lowest BCUT2D eigenvalue weighted by Crippen LogP contribution is -2.48. The Kier molecular flexibility index (Phi) is 5.40. The van der Waals surface area contributed by atoms with Crippen LogP contribution < -0.4 is 4.74 Å². The minimum Gasteiger partial charge on any atom is -0.496 e. The molecule has 2 aliphatic rings. The molecule has 1 atom stereocenters. The van der Waals surface area contributed by atoms with Crippen LogP contribution in [-0.4, -0.2) is 57.6 Å². The van der Waals surface area contributed by atoms with Crippen molar-refractivity contribution in [2.45, 2.75) is 38.8 Å². The van der Waals surface area contributed by atoms with Gasteiger partial charge in [0, 0.05) is 24.7 Å². The number of para-hydroxylation sites is 2. The summed E-state index contributed by atoms with van der Waals surface area (Å²) in [5.41, 5.74) is 4.03. The second-order valence-corrected chi connectivity index (χ2v) is 8.71. The molecule has 5 rings (SSSR count). The van der Waals surface area contributed by atoms with Gasteiger partial charge in [0.2, 0.25) is 0 Å². The number of benzene rings is 2. The highest BCUT2D eigenvalue weighted by atomic mass is 16.5. The zero-order valence-electron chi connectivity index (χ0n) is 19.2. The summed E-state index contributed by atoms with van der Waals surface area (Å²) in [6.07, 6.45) is 1.50. The lowest BCUT2D eigenvalue weighted by Gasteiger charge is -2.39. The number of methoxy groups -OCH3 is 1. The molecule has 1 aromatic heterocycles. The monoisotopic (exact) mass is 444 g/mol. The summed E-state index contributed by atoms with van der Waals surface area (Å²) in [5.74, 6) is 0.589. The molecular weight excluding hydrogens is 416 g/mol. The Bertz CT molecular complexity index is 1200. The predicted octanol–water partition coefficient (Wildman–Crippen LogP) is 4.01. The minimum atomic E-state index is -0.0357. The quantitative estimate of drug-likeness (QED) is 0.610. The van der Waals surface area contributed by atoms with E-state index in [1.165, 1.54) is 0 Å². The van der Waals surface area contributed by atoms with E-state index < -0.39 is 0 Å². The molecule has 2 aromatic carbocycles.